The molecule has 14 heavy (non-hydrogen) atoms. The Morgan fingerprint density at radius 1 is 1.57 bits per heavy atom. The smallest absolute Gasteiger partial charge is 0.124 e. The van der Waals surface area contributed by atoms with Gasteiger partial charge in [0.1, 0.15) is 6.23 Å². The average Bonchev–Trinajstić information content (AvgIpc) is 2.43. The summed E-state index contributed by atoms with van der Waals surface area (Å²) in [4.78, 5) is 1.98. The normalized spacial score (nSPS) is 22.2. The van der Waals surface area contributed by atoms with Gasteiger partial charge in [-0.25, -0.2) is 0 Å². The third kappa shape index (κ3) is 1.34. The van der Waals surface area contributed by atoms with Gasteiger partial charge >= 0.3 is 0 Å². The van der Waals surface area contributed by atoms with E-state index in [0.717, 1.165) is 17.9 Å². The standard InChI is InChI=1S/C11H16N2O/c1-7-6-13(8(2)14)11-5-9(12)3-4-10(7)11/h3-5,7-8,14H,6,12H2,1-2H3. The highest BCUT2D eigenvalue weighted by molar-refractivity contribution is 5.65. The molecule has 1 aliphatic heterocycles. The molecule has 2 atom stereocenters. The van der Waals surface area contributed by atoms with Gasteiger partial charge in [-0.05, 0) is 24.6 Å². The van der Waals surface area contributed by atoms with Gasteiger partial charge in [-0.15, -0.1) is 0 Å². The number of rotatable bonds is 1. The van der Waals surface area contributed by atoms with Crippen molar-refractivity contribution in [2.45, 2.75) is 26.0 Å². The SMILES string of the molecule is CC1CN(C(C)O)c2cc(N)ccc21. The maximum Gasteiger partial charge on any atom is 0.124 e. The Hall–Kier alpha value is -1.22. The quantitative estimate of drug-likeness (QED) is 0.663. The summed E-state index contributed by atoms with van der Waals surface area (Å²) in [6.07, 6.45) is -0.444. The molecule has 0 amide bonds. The summed E-state index contributed by atoms with van der Waals surface area (Å²) in [6, 6.07) is 5.91. The first-order chi connectivity index (χ1) is 6.59. The van der Waals surface area contributed by atoms with Crippen molar-refractivity contribution < 1.29 is 5.11 Å². The van der Waals surface area contributed by atoms with Crippen molar-refractivity contribution in [1.29, 1.82) is 0 Å². The summed E-state index contributed by atoms with van der Waals surface area (Å²) in [6.45, 7) is 4.82. The number of aliphatic hydroxyl groups excluding tert-OH is 1. The Morgan fingerprint density at radius 3 is 2.93 bits per heavy atom. The molecule has 2 unspecified atom stereocenters. The second-order valence-corrected chi connectivity index (χ2v) is 4.00. The molecular weight excluding hydrogens is 176 g/mol. The van der Waals surface area contributed by atoms with Crippen molar-refractivity contribution in [2.24, 2.45) is 0 Å². The number of anilines is 2. The number of benzene rings is 1. The zero-order valence-electron chi connectivity index (χ0n) is 8.57. The number of fused-ring (bicyclic) bond motifs is 1. The number of hydrogen-bond acceptors (Lipinski definition) is 3. The van der Waals surface area contributed by atoms with Gasteiger partial charge in [-0.3, -0.25) is 0 Å². The lowest BCUT2D eigenvalue weighted by Crippen LogP contribution is -2.31. The maximum absolute atomic E-state index is 9.59. The van der Waals surface area contributed by atoms with Gasteiger partial charge in [0.05, 0.1) is 0 Å². The Kier molecular flexibility index (Phi) is 2.11. The Bertz CT molecular complexity index is 349. The lowest BCUT2D eigenvalue weighted by Gasteiger charge is -2.23. The molecule has 0 fully saturated rings. The molecule has 1 heterocycles. The van der Waals surface area contributed by atoms with Crippen LogP contribution in [0.3, 0.4) is 0 Å². The molecule has 0 aliphatic carbocycles. The van der Waals surface area contributed by atoms with E-state index in [1.807, 2.05) is 17.0 Å². The van der Waals surface area contributed by atoms with Crippen LogP contribution in [0.4, 0.5) is 11.4 Å². The molecular formula is C11H16N2O. The van der Waals surface area contributed by atoms with Crippen LogP contribution < -0.4 is 10.6 Å². The monoisotopic (exact) mass is 192 g/mol. The van der Waals surface area contributed by atoms with Crippen LogP contribution >= 0.6 is 0 Å². The number of hydrogen-bond donors (Lipinski definition) is 2. The number of nitrogens with zero attached hydrogens (tertiary/aromatic N) is 1. The van der Waals surface area contributed by atoms with Crippen LogP contribution in [0.25, 0.3) is 0 Å². The molecule has 0 saturated heterocycles. The molecule has 0 bridgehead atoms. The van der Waals surface area contributed by atoms with Crippen molar-refractivity contribution >= 4 is 11.4 Å². The first kappa shape index (κ1) is 9.34. The van der Waals surface area contributed by atoms with Gasteiger partial charge in [-0.1, -0.05) is 13.0 Å². The van der Waals surface area contributed by atoms with Gasteiger partial charge in [0.25, 0.3) is 0 Å². The predicted octanol–water partition coefficient (Wildman–Crippen LogP) is 1.53. The second kappa shape index (κ2) is 3.17. The number of aliphatic hydroxyl groups is 1. The second-order valence-electron chi connectivity index (χ2n) is 4.00. The van der Waals surface area contributed by atoms with Crippen molar-refractivity contribution in [2.75, 3.05) is 17.2 Å². The summed E-state index contributed by atoms with van der Waals surface area (Å²) in [5.74, 6) is 0.472. The third-order valence-corrected chi connectivity index (χ3v) is 2.82. The summed E-state index contributed by atoms with van der Waals surface area (Å²) in [5, 5.41) is 9.59. The first-order valence-corrected chi connectivity index (χ1v) is 4.93. The van der Waals surface area contributed by atoms with Crippen LogP contribution in [-0.2, 0) is 0 Å². The van der Waals surface area contributed by atoms with Crippen LogP contribution in [0.1, 0.15) is 25.3 Å². The number of nitrogens with two attached hydrogens (primary N) is 1. The number of nitrogen functional groups attached to an aromatic ring is 1. The highest BCUT2D eigenvalue weighted by atomic mass is 16.3. The zero-order valence-corrected chi connectivity index (χ0v) is 8.57. The lowest BCUT2D eigenvalue weighted by atomic mass is 10.0. The topological polar surface area (TPSA) is 49.5 Å². The highest BCUT2D eigenvalue weighted by Crippen LogP contribution is 2.37. The zero-order chi connectivity index (χ0) is 10.3. The highest BCUT2D eigenvalue weighted by Gasteiger charge is 2.27. The summed E-state index contributed by atoms with van der Waals surface area (Å²) >= 11 is 0. The van der Waals surface area contributed by atoms with Crippen LogP contribution in [-0.4, -0.2) is 17.9 Å². The molecule has 0 spiro atoms. The Labute approximate surface area is 84.1 Å². The van der Waals surface area contributed by atoms with Crippen molar-refractivity contribution in [3.8, 4) is 0 Å². The molecule has 3 heteroatoms. The van der Waals surface area contributed by atoms with Gasteiger partial charge in [-0.2, -0.15) is 0 Å². The van der Waals surface area contributed by atoms with Crippen molar-refractivity contribution in [1.82, 2.24) is 0 Å². The van der Waals surface area contributed by atoms with Gasteiger partial charge in [0.15, 0.2) is 0 Å². The van der Waals surface area contributed by atoms with Crippen LogP contribution in [0.2, 0.25) is 0 Å². The van der Waals surface area contributed by atoms with Gasteiger partial charge < -0.3 is 15.7 Å². The Morgan fingerprint density at radius 2 is 2.29 bits per heavy atom. The van der Waals surface area contributed by atoms with Crippen LogP contribution in [0.5, 0.6) is 0 Å². The van der Waals surface area contributed by atoms with E-state index in [2.05, 4.69) is 13.0 Å². The fourth-order valence-corrected chi connectivity index (χ4v) is 2.07. The molecule has 3 nitrogen and oxygen atoms in total. The Balaban J connectivity index is 2.45. The molecule has 3 N–H and O–H groups in total. The lowest BCUT2D eigenvalue weighted by molar-refractivity contribution is 0.190. The van der Waals surface area contributed by atoms with Crippen LogP contribution in [0, 0.1) is 0 Å². The van der Waals surface area contributed by atoms with E-state index in [9.17, 15) is 5.11 Å². The van der Waals surface area contributed by atoms with E-state index in [1.54, 1.807) is 6.92 Å². The summed E-state index contributed by atoms with van der Waals surface area (Å²) in [5.41, 5.74) is 8.84. The van der Waals surface area contributed by atoms with Crippen LogP contribution in [0.15, 0.2) is 18.2 Å². The van der Waals surface area contributed by atoms with Crippen molar-refractivity contribution in [3.05, 3.63) is 23.8 Å². The minimum absolute atomic E-state index is 0.444. The molecule has 0 radical (unpaired) electrons. The fraction of sp³-hybridized carbons (Fsp3) is 0.455. The van der Waals surface area contributed by atoms with E-state index in [-0.39, 0.29) is 0 Å². The third-order valence-electron chi connectivity index (χ3n) is 2.82. The molecule has 1 aromatic rings. The predicted molar refractivity (Wildman–Crippen MR) is 58.3 cm³/mol. The van der Waals surface area contributed by atoms with E-state index in [0.29, 0.717) is 5.92 Å². The van der Waals surface area contributed by atoms with E-state index in [4.69, 9.17) is 5.73 Å². The van der Waals surface area contributed by atoms with E-state index in [1.165, 1.54) is 5.56 Å². The van der Waals surface area contributed by atoms with Gasteiger partial charge in [0, 0.05) is 23.8 Å². The first-order valence-electron chi connectivity index (χ1n) is 4.93. The average molecular weight is 192 g/mol. The van der Waals surface area contributed by atoms with Gasteiger partial charge in [0.2, 0.25) is 0 Å². The molecule has 0 saturated carbocycles. The minimum atomic E-state index is -0.444. The summed E-state index contributed by atoms with van der Waals surface area (Å²) < 4.78 is 0. The fourth-order valence-electron chi connectivity index (χ4n) is 2.07. The van der Waals surface area contributed by atoms with E-state index >= 15 is 0 Å². The molecule has 76 valence electrons. The van der Waals surface area contributed by atoms with Crippen molar-refractivity contribution in [3.63, 3.8) is 0 Å². The minimum Gasteiger partial charge on any atom is -0.399 e. The maximum atomic E-state index is 9.59. The summed E-state index contributed by atoms with van der Waals surface area (Å²) in [7, 11) is 0. The van der Waals surface area contributed by atoms with E-state index < -0.39 is 6.23 Å². The largest absolute Gasteiger partial charge is 0.399 e. The molecule has 0 aromatic heterocycles. The molecule has 2 rings (SSSR count). The molecule has 1 aromatic carbocycles. The molecule has 1 aliphatic rings.